The van der Waals surface area contributed by atoms with Crippen molar-refractivity contribution in [1.82, 2.24) is 0 Å². The second-order valence-electron chi connectivity index (χ2n) is 1.55. The summed E-state index contributed by atoms with van der Waals surface area (Å²) < 4.78 is 43.0. The molecular formula is C6H8Cl4F6. The minimum absolute atomic E-state index is 0. The molecular weight excluding hydrogens is 328 g/mol. The molecule has 0 aliphatic rings. The fourth-order valence-corrected chi connectivity index (χ4v) is 0. The van der Waals surface area contributed by atoms with Crippen molar-refractivity contribution < 1.29 is 27.0 Å². The maximum Gasteiger partial charge on any atom is 0.442 e. The standard InChI is InChI=1S/C3H4Cl2.C3H2F4.Cl2.2FH/c1-3(5)2-4;1-2(4)3(5,6)7;1-2;;/h1-2H2;1H2;;2*1H. The molecule has 0 aliphatic carbocycles. The molecule has 0 rings (SSSR count). The lowest BCUT2D eigenvalue weighted by Crippen LogP contribution is -2.05. The Balaban J connectivity index is -0.0000000404. The Bertz CT molecular complexity index is 169. The third kappa shape index (κ3) is 36.8. The Morgan fingerprint density at radius 1 is 1.06 bits per heavy atom. The lowest BCUT2D eigenvalue weighted by molar-refractivity contribution is -0.108. The van der Waals surface area contributed by atoms with Crippen LogP contribution in [0.2, 0.25) is 0 Å². The van der Waals surface area contributed by atoms with Gasteiger partial charge >= 0.3 is 6.18 Å². The van der Waals surface area contributed by atoms with Crippen molar-refractivity contribution in [3.63, 3.8) is 0 Å². The van der Waals surface area contributed by atoms with Crippen molar-refractivity contribution in [3.8, 4) is 0 Å². The van der Waals surface area contributed by atoms with Gasteiger partial charge in [-0.2, -0.15) is 13.2 Å². The van der Waals surface area contributed by atoms with Crippen LogP contribution in [-0.2, 0) is 0 Å². The first-order valence-corrected chi connectivity index (χ1v) is 4.72. The van der Waals surface area contributed by atoms with Crippen LogP contribution in [0.4, 0.5) is 27.0 Å². The molecule has 0 saturated heterocycles. The van der Waals surface area contributed by atoms with Gasteiger partial charge in [0.1, 0.15) is 0 Å². The van der Waals surface area contributed by atoms with E-state index in [4.69, 9.17) is 23.2 Å². The number of rotatable bonds is 1. The van der Waals surface area contributed by atoms with Gasteiger partial charge in [0.05, 0.1) is 5.88 Å². The quantitative estimate of drug-likeness (QED) is 0.426. The zero-order chi connectivity index (χ0) is 12.4. The van der Waals surface area contributed by atoms with E-state index in [2.05, 4.69) is 28.3 Å². The second kappa shape index (κ2) is 17.6. The molecule has 0 amide bonds. The Kier molecular flexibility index (Phi) is 32.8. The highest BCUT2D eigenvalue weighted by Crippen LogP contribution is 2.23. The lowest BCUT2D eigenvalue weighted by Gasteiger charge is -1.97. The van der Waals surface area contributed by atoms with Gasteiger partial charge in [-0.1, -0.05) is 24.8 Å². The Morgan fingerprint density at radius 3 is 1.19 bits per heavy atom. The molecule has 0 saturated carbocycles. The minimum atomic E-state index is -4.86. The molecule has 0 heterocycles. The van der Waals surface area contributed by atoms with Crippen molar-refractivity contribution >= 4 is 44.9 Å². The molecule has 0 aromatic carbocycles. The van der Waals surface area contributed by atoms with Gasteiger partial charge in [-0.3, -0.25) is 9.41 Å². The molecule has 0 unspecified atom stereocenters. The first-order valence-electron chi connectivity index (χ1n) is 2.67. The molecule has 0 atom stereocenters. The van der Waals surface area contributed by atoms with E-state index >= 15 is 0 Å². The van der Waals surface area contributed by atoms with E-state index in [-0.39, 0.29) is 9.41 Å². The number of alkyl halides is 4. The number of halogens is 10. The van der Waals surface area contributed by atoms with Crippen LogP contribution in [0, 0.1) is 0 Å². The molecule has 0 aromatic heterocycles. The molecule has 0 fully saturated rings. The maximum absolute atomic E-state index is 10.9. The van der Waals surface area contributed by atoms with Crippen LogP contribution in [0.5, 0.6) is 0 Å². The van der Waals surface area contributed by atoms with Crippen LogP contribution in [0.3, 0.4) is 0 Å². The molecule has 102 valence electrons. The summed E-state index contributed by atoms with van der Waals surface area (Å²) in [6, 6.07) is 0. The van der Waals surface area contributed by atoms with Gasteiger partial charge in [-0.15, -0.1) is 11.6 Å². The number of allylic oxidation sites excluding steroid dienone is 2. The third-order valence-corrected chi connectivity index (χ3v) is 1.05. The molecule has 0 radical (unpaired) electrons. The Labute approximate surface area is 108 Å². The summed E-state index contributed by atoms with van der Waals surface area (Å²) in [4.78, 5) is 0. The SMILES string of the molecule is C=C(Cl)CCl.C=C(F)C(F)(F)F.ClCl.F.F. The smallest absolute Gasteiger partial charge is 0.269 e. The summed E-state index contributed by atoms with van der Waals surface area (Å²) >= 11 is 10.2. The topological polar surface area (TPSA) is 0 Å². The van der Waals surface area contributed by atoms with Crippen LogP contribution >= 0.6 is 44.9 Å². The summed E-state index contributed by atoms with van der Waals surface area (Å²) in [7, 11) is 8.22. The molecule has 0 N–H and O–H groups in total. The van der Waals surface area contributed by atoms with Gasteiger partial charge in [0.2, 0.25) is 0 Å². The summed E-state index contributed by atoms with van der Waals surface area (Å²) in [6.45, 7) is 5.34. The largest absolute Gasteiger partial charge is 0.442 e. The Hall–Kier alpha value is 0.220. The van der Waals surface area contributed by atoms with Crippen molar-refractivity contribution in [3.05, 3.63) is 24.0 Å². The molecule has 16 heavy (non-hydrogen) atoms. The van der Waals surface area contributed by atoms with Crippen LogP contribution in [-0.4, -0.2) is 12.1 Å². The van der Waals surface area contributed by atoms with Crippen LogP contribution in [0.25, 0.3) is 0 Å². The highest BCUT2D eigenvalue weighted by atomic mass is 36.5. The van der Waals surface area contributed by atoms with Crippen molar-refractivity contribution in [2.24, 2.45) is 0 Å². The monoisotopic (exact) mass is 334 g/mol. The highest BCUT2D eigenvalue weighted by Gasteiger charge is 2.32. The summed E-state index contributed by atoms with van der Waals surface area (Å²) in [6.07, 6.45) is -4.86. The Morgan fingerprint density at radius 2 is 1.19 bits per heavy atom. The molecule has 0 nitrogen and oxygen atoms in total. The normalized spacial score (nSPS) is 7.75. The predicted octanol–water partition coefficient (Wildman–Crippen LogP) is 5.69. The fourth-order valence-electron chi connectivity index (χ4n) is 0. The molecule has 0 aliphatic heterocycles. The predicted molar refractivity (Wildman–Crippen MR) is 58.7 cm³/mol. The van der Waals surface area contributed by atoms with Gasteiger partial charge < -0.3 is 0 Å². The van der Waals surface area contributed by atoms with Gasteiger partial charge in [-0.05, 0) is 0 Å². The summed E-state index contributed by atoms with van der Waals surface area (Å²) in [5.74, 6) is -1.91. The first-order chi connectivity index (χ1) is 6.21. The van der Waals surface area contributed by atoms with Crippen LogP contribution in [0.15, 0.2) is 24.0 Å². The average molecular weight is 336 g/mol. The van der Waals surface area contributed by atoms with E-state index in [9.17, 15) is 17.6 Å². The number of hydrogen-bond acceptors (Lipinski definition) is 0. The molecule has 0 bridgehead atoms. The van der Waals surface area contributed by atoms with E-state index in [1.807, 2.05) is 6.58 Å². The van der Waals surface area contributed by atoms with Crippen molar-refractivity contribution in [2.75, 3.05) is 5.88 Å². The average Bonchev–Trinajstić information content (AvgIpc) is 2.07. The zero-order valence-corrected chi connectivity index (χ0v) is 10.5. The summed E-state index contributed by atoms with van der Waals surface area (Å²) in [5.41, 5.74) is 0. The summed E-state index contributed by atoms with van der Waals surface area (Å²) in [5, 5.41) is 0.492. The van der Waals surface area contributed by atoms with Crippen LogP contribution < -0.4 is 0 Å². The third-order valence-electron chi connectivity index (χ3n) is 0.453. The van der Waals surface area contributed by atoms with Crippen LogP contribution in [0.1, 0.15) is 0 Å². The van der Waals surface area contributed by atoms with Crippen molar-refractivity contribution in [1.29, 1.82) is 0 Å². The fraction of sp³-hybridized carbons (Fsp3) is 0.333. The first kappa shape index (κ1) is 29.8. The highest BCUT2D eigenvalue weighted by molar-refractivity contribution is 6.85. The minimum Gasteiger partial charge on any atom is -0.269 e. The van der Waals surface area contributed by atoms with E-state index in [1.165, 1.54) is 0 Å². The van der Waals surface area contributed by atoms with E-state index in [0.717, 1.165) is 0 Å². The zero-order valence-electron chi connectivity index (χ0n) is 7.46. The molecule has 0 spiro atoms. The number of hydrogen-bond donors (Lipinski definition) is 0. The van der Waals surface area contributed by atoms with Gasteiger partial charge in [0.25, 0.3) is 0 Å². The van der Waals surface area contributed by atoms with E-state index in [0.29, 0.717) is 10.9 Å². The second-order valence-corrected chi connectivity index (χ2v) is 2.36. The van der Waals surface area contributed by atoms with E-state index in [1.54, 1.807) is 0 Å². The van der Waals surface area contributed by atoms with E-state index < -0.39 is 12.0 Å². The van der Waals surface area contributed by atoms with Gasteiger partial charge in [0.15, 0.2) is 5.83 Å². The van der Waals surface area contributed by atoms with Crippen molar-refractivity contribution in [2.45, 2.75) is 6.18 Å². The van der Waals surface area contributed by atoms with Gasteiger partial charge in [0, 0.05) is 26.7 Å². The lowest BCUT2D eigenvalue weighted by atomic mass is 10.6. The molecule has 0 aromatic rings. The maximum atomic E-state index is 10.9. The molecule has 10 heteroatoms. The van der Waals surface area contributed by atoms with Gasteiger partial charge in [-0.25, -0.2) is 4.39 Å².